The minimum absolute atomic E-state index is 0.218. The van der Waals surface area contributed by atoms with E-state index in [4.69, 9.17) is 4.74 Å². The molecule has 6 heteroatoms. The topological polar surface area (TPSA) is 59.5 Å². The molecule has 0 N–H and O–H groups in total. The van der Waals surface area contributed by atoms with Crippen LogP contribution in [0.15, 0.2) is 29.4 Å². The van der Waals surface area contributed by atoms with Gasteiger partial charge in [-0.05, 0) is 43.2 Å². The summed E-state index contributed by atoms with van der Waals surface area (Å²) in [6.07, 6.45) is 7.36. The summed E-state index contributed by atoms with van der Waals surface area (Å²) in [6, 6.07) is 3.26. The second-order valence-electron chi connectivity index (χ2n) is 5.72. The highest BCUT2D eigenvalue weighted by Gasteiger charge is 2.49. The Morgan fingerprint density at radius 3 is 2.60 bits per heavy atom. The fraction of sp³-hybridized carbons (Fsp3) is 0.643. The Balaban J connectivity index is 1.72. The van der Waals surface area contributed by atoms with Crippen LogP contribution in [0.25, 0.3) is 0 Å². The van der Waals surface area contributed by atoms with Crippen molar-refractivity contribution >= 4 is 10.0 Å². The quantitative estimate of drug-likeness (QED) is 0.851. The maximum absolute atomic E-state index is 12.5. The molecule has 1 aromatic rings. The van der Waals surface area contributed by atoms with E-state index in [1.54, 1.807) is 29.7 Å². The first-order chi connectivity index (χ1) is 9.58. The van der Waals surface area contributed by atoms with E-state index in [2.05, 4.69) is 4.98 Å². The van der Waals surface area contributed by atoms with Crippen molar-refractivity contribution in [3.05, 3.63) is 24.5 Å². The zero-order valence-corrected chi connectivity index (χ0v) is 12.5. The lowest BCUT2D eigenvalue weighted by molar-refractivity contribution is -0.113. The van der Waals surface area contributed by atoms with E-state index in [9.17, 15) is 8.42 Å². The highest BCUT2D eigenvalue weighted by molar-refractivity contribution is 7.89. The van der Waals surface area contributed by atoms with Crippen LogP contribution in [0.2, 0.25) is 0 Å². The molecule has 5 nitrogen and oxygen atoms in total. The van der Waals surface area contributed by atoms with Gasteiger partial charge in [0.25, 0.3) is 0 Å². The molecule has 3 rings (SSSR count). The van der Waals surface area contributed by atoms with Gasteiger partial charge in [0.05, 0.1) is 6.10 Å². The molecule has 1 aromatic heterocycles. The average molecular weight is 296 g/mol. The monoisotopic (exact) mass is 296 g/mol. The smallest absolute Gasteiger partial charge is 0.244 e. The number of pyridine rings is 1. The van der Waals surface area contributed by atoms with E-state index in [-0.39, 0.29) is 10.3 Å². The third-order valence-corrected chi connectivity index (χ3v) is 6.74. The summed E-state index contributed by atoms with van der Waals surface area (Å²) >= 11 is 0. The molecule has 2 aliphatic rings. The van der Waals surface area contributed by atoms with Gasteiger partial charge >= 0.3 is 0 Å². The first kappa shape index (κ1) is 14.0. The van der Waals surface area contributed by atoms with Crippen LogP contribution in [0, 0.1) is 5.41 Å². The molecule has 2 fully saturated rings. The van der Waals surface area contributed by atoms with E-state index >= 15 is 0 Å². The minimum atomic E-state index is -3.39. The van der Waals surface area contributed by atoms with Crippen LogP contribution in [0.3, 0.4) is 0 Å². The summed E-state index contributed by atoms with van der Waals surface area (Å²) in [5.41, 5.74) is 0.218. The number of hydrogen-bond acceptors (Lipinski definition) is 4. The van der Waals surface area contributed by atoms with Gasteiger partial charge in [0.15, 0.2) is 0 Å². The lowest BCUT2D eigenvalue weighted by Gasteiger charge is -2.52. The van der Waals surface area contributed by atoms with Crippen LogP contribution in [0.5, 0.6) is 0 Å². The van der Waals surface area contributed by atoms with Crippen LogP contribution in [0.1, 0.15) is 25.7 Å². The van der Waals surface area contributed by atoms with E-state index in [0.29, 0.717) is 19.2 Å². The zero-order valence-electron chi connectivity index (χ0n) is 11.7. The maximum Gasteiger partial charge on any atom is 0.244 e. The number of hydrogen-bond donors (Lipinski definition) is 0. The van der Waals surface area contributed by atoms with Crippen molar-refractivity contribution in [1.29, 1.82) is 0 Å². The standard InChI is InChI=1S/C14H20N2O3S/c1-19-13-4-5-14(13)6-9-16(10-7-14)20(17,18)12-3-2-8-15-11-12/h2-3,8,11,13H,4-7,9-10H2,1H3. The lowest BCUT2D eigenvalue weighted by Crippen LogP contribution is -2.53. The summed E-state index contributed by atoms with van der Waals surface area (Å²) in [6.45, 7) is 1.16. The number of methoxy groups -OCH3 is 1. The fourth-order valence-electron chi connectivity index (χ4n) is 3.43. The summed E-state index contributed by atoms with van der Waals surface area (Å²) in [4.78, 5) is 4.19. The van der Waals surface area contributed by atoms with Crippen LogP contribution >= 0.6 is 0 Å². The fourth-order valence-corrected chi connectivity index (χ4v) is 4.84. The van der Waals surface area contributed by atoms with Crippen molar-refractivity contribution in [3.63, 3.8) is 0 Å². The molecule has 0 bridgehead atoms. The minimum Gasteiger partial charge on any atom is -0.381 e. The number of ether oxygens (including phenoxy) is 1. The number of sulfonamides is 1. The highest BCUT2D eigenvalue weighted by Crippen LogP contribution is 2.50. The Morgan fingerprint density at radius 1 is 1.35 bits per heavy atom. The molecular formula is C14H20N2O3S. The van der Waals surface area contributed by atoms with Crippen molar-refractivity contribution in [2.24, 2.45) is 5.41 Å². The van der Waals surface area contributed by atoms with Gasteiger partial charge in [-0.2, -0.15) is 4.31 Å². The molecule has 1 saturated carbocycles. The Hall–Kier alpha value is -0.980. The summed E-state index contributed by atoms with van der Waals surface area (Å²) in [5, 5.41) is 0. The predicted octanol–water partition coefficient (Wildman–Crippen LogP) is 1.66. The molecule has 1 aliphatic heterocycles. The normalized spacial score (nSPS) is 26.4. The third kappa shape index (κ3) is 2.16. The van der Waals surface area contributed by atoms with Gasteiger partial charge in [-0.1, -0.05) is 0 Å². The number of rotatable bonds is 3. The number of nitrogens with zero attached hydrogens (tertiary/aromatic N) is 2. The van der Waals surface area contributed by atoms with E-state index in [1.165, 1.54) is 6.20 Å². The molecule has 1 spiro atoms. The molecule has 1 atom stereocenters. The molecule has 0 aromatic carbocycles. The van der Waals surface area contributed by atoms with Crippen molar-refractivity contribution in [1.82, 2.24) is 9.29 Å². The predicted molar refractivity (Wildman–Crippen MR) is 74.7 cm³/mol. The van der Waals surface area contributed by atoms with Gasteiger partial charge in [0, 0.05) is 32.6 Å². The first-order valence-electron chi connectivity index (χ1n) is 7.01. The van der Waals surface area contributed by atoms with E-state index in [1.807, 2.05) is 0 Å². The summed E-state index contributed by atoms with van der Waals surface area (Å²) < 4.78 is 32.1. The SMILES string of the molecule is COC1CCC12CCN(S(=O)(=O)c1cccnc1)CC2. The molecular weight excluding hydrogens is 276 g/mol. The van der Waals surface area contributed by atoms with Crippen molar-refractivity contribution in [3.8, 4) is 0 Å². The summed E-state index contributed by atoms with van der Waals surface area (Å²) in [7, 11) is -1.64. The molecule has 20 heavy (non-hydrogen) atoms. The van der Waals surface area contributed by atoms with Gasteiger partial charge in [-0.15, -0.1) is 0 Å². The van der Waals surface area contributed by atoms with Crippen molar-refractivity contribution in [2.45, 2.75) is 36.7 Å². The summed E-state index contributed by atoms with van der Waals surface area (Å²) in [5.74, 6) is 0. The van der Waals surface area contributed by atoms with E-state index < -0.39 is 10.0 Å². The lowest BCUT2D eigenvalue weighted by atomic mass is 9.61. The van der Waals surface area contributed by atoms with Gasteiger partial charge in [0.2, 0.25) is 10.0 Å². The number of aromatic nitrogens is 1. The van der Waals surface area contributed by atoms with Gasteiger partial charge < -0.3 is 4.74 Å². The van der Waals surface area contributed by atoms with Crippen LogP contribution in [0.4, 0.5) is 0 Å². The molecule has 0 amide bonds. The number of piperidine rings is 1. The van der Waals surface area contributed by atoms with Gasteiger partial charge in [-0.25, -0.2) is 8.42 Å². The van der Waals surface area contributed by atoms with Crippen LogP contribution in [-0.4, -0.2) is 44.0 Å². The molecule has 110 valence electrons. The van der Waals surface area contributed by atoms with Crippen LogP contribution in [-0.2, 0) is 14.8 Å². The van der Waals surface area contributed by atoms with E-state index in [0.717, 1.165) is 25.7 Å². The van der Waals surface area contributed by atoms with Crippen LogP contribution < -0.4 is 0 Å². The Morgan fingerprint density at radius 2 is 2.10 bits per heavy atom. The van der Waals surface area contributed by atoms with Crippen molar-refractivity contribution in [2.75, 3.05) is 20.2 Å². The first-order valence-corrected chi connectivity index (χ1v) is 8.45. The van der Waals surface area contributed by atoms with Gasteiger partial charge in [0.1, 0.15) is 4.90 Å². The Bertz CT molecular complexity index is 563. The third-order valence-electron chi connectivity index (χ3n) is 4.86. The van der Waals surface area contributed by atoms with Crippen molar-refractivity contribution < 1.29 is 13.2 Å². The molecule has 2 heterocycles. The second kappa shape index (κ2) is 5.09. The second-order valence-corrected chi connectivity index (χ2v) is 7.66. The maximum atomic E-state index is 12.5. The van der Waals surface area contributed by atoms with Gasteiger partial charge in [-0.3, -0.25) is 4.98 Å². The Kier molecular flexibility index (Phi) is 3.56. The average Bonchev–Trinajstić information content (AvgIpc) is 2.48. The molecule has 1 saturated heterocycles. The molecule has 1 aliphatic carbocycles. The largest absolute Gasteiger partial charge is 0.381 e. The molecule has 0 radical (unpaired) electrons. The highest BCUT2D eigenvalue weighted by atomic mass is 32.2. The molecule has 1 unspecified atom stereocenters. The Labute approximate surface area is 120 Å². The zero-order chi connectivity index (χ0) is 14.2.